The molecule has 2 aromatic rings. The molecule has 0 aromatic heterocycles. The first kappa shape index (κ1) is 21.2. The Morgan fingerprint density at radius 1 is 1.03 bits per heavy atom. The highest BCUT2D eigenvalue weighted by molar-refractivity contribution is 7.92. The van der Waals surface area contributed by atoms with Crippen molar-refractivity contribution in [2.24, 2.45) is 0 Å². The van der Waals surface area contributed by atoms with Gasteiger partial charge in [0.15, 0.2) is 9.84 Å². The average molecular weight is 418 g/mol. The quantitative estimate of drug-likeness (QED) is 0.627. The van der Waals surface area contributed by atoms with Crippen molar-refractivity contribution in [3.05, 3.63) is 54.1 Å². The molecule has 2 aromatic carbocycles. The number of nitrogens with zero attached hydrogens (tertiary/aromatic N) is 1. The van der Waals surface area contributed by atoms with Crippen molar-refractivity contribution >= 4 is 15.7 Å². The van der Waals surface area contributed by atoms with Gasteiger partial charge < -0.3 is 14.4 Å². The van der Waals surface area contributed by atoms with Crippen LogP contribution in [0.15, 0.2) is 53.4 Å². The first-order valence-electron chi connectivity index (χ1n) is 9.81. The van der Waals surface area contributed by atoms with Gasteiger partial charge in [0, 0.05) is 19.5 Å². The Morgan fingerprint density at radius 3 is 2.24 bits per heavy atom. The number of rotatable bonds is 9. The monoisotopic (exact) mass is 417 g/mol. The molecule has 0 radical (unpaired) electrons. The third-order valence-corrected chi connectivity index (χ3v) is 7.16. The van der Waals surface area contributed by atoms with Gasteiger partial charge in [-0.05, 0) is 54.8 Å². The van der Waals surface area contributed by atoms with Crippen molar-refractivity contribution in [1.29, 1.82) is 0 Å². The largest absolute Gasteiger partial charge is 0.497 e. The lowest BCUT2D eigenvalue weighted by Gasteiger charge is -2.38. The van der Waals surface area contributed by atoms with E-state index in [4.69, 9.17) is 9.47 Å². The fourth-order valence-electron chi connectivity index (χ4n) is 3.18. The van der Waals surface area contributed by atoms with Gasteiger partial charge in [-0.2, -0.15) is 0 Å². The van der Waals surface area contributed by atoms with Crippen LogP contribution < -0.4 is 9.47 Å². The Labute approximate surface area is 172 Å². The Hall–Kier alpha value is -2.54. The number of likely N-dealkylation sites (tertiary alicyclic amines) is 1. The molecule has 29 heavy (non-hydrogen) atoms. The molecule has 6 nitrogen and oxygen atoms in total. The van der Waals surface area contributed by atoms with Crippen LogP contribution in [0.25, 0.3) is 0 Å². The zero-order chi connectivity index (χ0) is 20.9. The number of methoxy groups -OCH3 is 1. The van der Waals surface area contributed by atoms with Crippen LogP contribution in [0.1, 0.15) is 25.3 Å². The van der Waals surface area contributed by atoms with Gasteiger partial charge >= 0.3 is 0 Å². The molecule has 0 unspecified atom stereocenters. The lowest BCUT2D eigenvalue weighted by atomic mass is 10.1. The Morgan fingerprint density at radius 2 is 1.66 bits per heavy atom. The molecule has 0 atom stereocenters. The smallest absolute Gasteiger partial charge is 0.222 e. The summed E-state index contributed by atoms with van der Waals surface area (Å²) in [7, 11) is -1.90. The van der Waals surface area contributed by atoms with Gasteiger partial charge in [-0.25, -0.2) is 8.42 Å². The standard InChI is InChI=1S/C22H27NO5S/c1-3-14-28-19-7-4-17(5-8-19)6-13-22(24)23-15-21(16-23)29(25,26)20-11-9-18(27-2)10-12-20/h4-5,7-12,21H,3,6,13-16H2,1-2H3. The van der Waals surface area contributed by atoms with Crippen LogP contribution in [-0.2, 0) is 21.1 Å². The molecule has 1 heterocycles. The molecule has 1 amide bonds. The van der Waals surface area contributed by atoms with E-state index >= 15 is 0 Å². The summed E-state index contributed by atoms with van der Waals surface area (Å²) in [5.41, 5.74) is 1.06. The number of sulfone groups is 1. The van der Waals surface area contributed by atoms with Gasteiger partial charge in [0.2, 0.25) is 5.91 Å². The van der Waals surface area contributed by atoms with Crippen molar-refractivity contribution in [3.8, 4) is 11.5 Å². The van der Waals surface area contributed by atoms with Crippen molar-refractivity contribution in [2.45, 2.75) is 36.3 Å². The molecule has 1 fully saturated rings. The number of hydrogen-bond acceptors (Lipinski definition) is 5. The molecular weight excluding hydrogens is 390 g/mol. The van der Waals surface area contributed by atoms with Crippen LogP contribution in [-0.4, -0.2) is 51.3 Å². The average Bonchev–Trinajstić information content (AvgIpc) is 2.70. The summed E-state index contributed by atoms with van der Waals surface area (Å²) in [5.74, 6) is 1.42. The topological polar surface area (TPSA) is 72.9 Å². The second-order valence-corrected chi connectivity index (χ2v) is 9.36. The molecule has 0 spiro atoms. The zero-order valence-electron chi connectivity index (χ0n) is 16.8. The summed E-state index contributed by atoms with van der Waals surface area (Å²) in [6.07, 6.45) is 1.95. The number of hydrogen-bond donors (Lipinski definition) is 0. The Bertz CT molecular complexity index is 917. The van der Waals surface area contributed by atoms with E-state index < -0.39 is 15.1 Å². The van der Waals surface area contributed by atoms with Crippen molar-refractivity contribution < 1.29 is 22.7 Å². The van der Waals surface area contributed by atoms with Crippen molar-refractivity contribution in [3.63, 3.8) is 0 Å². The molecule has 156 valence electrons. The molecule has 0 aliphatic carbocycles. The molecule has 0 saturated carbocycles. The van der Waals surface area contributed by atoms with E-state index in [1.165, 1.54) is 7.11 Å². The van der Waals surface area contributed by atoms with Gasteiger partial charge in [0.05, 0.1) is 18.6 Å². The molecule has 1 aliphatic heterocycles. The highest BCUT2D eigenvalue weighted by atomic mass is 32.2. The van der Waals surface area contributed by atoms with Crippen LogP contribution >= 0.6 is 0 Å². The number of benzene rings is 2. The summed E-state index contributed by atoms with van der Waals surface area (Å²) in [6, 6.07) is 14.1. The normalized spacial score (nSPS) is 14.3. The number of carbonyl (C=O) groups is 1. The van der Waals surface area contributed by atoms with E-state index in [-0.39, 0.29) is 23.9 Å². The summed E-state index contributed by atoms with van der Waals surface area (Å²) in [5, 5.41) is -0.546. The summed E-state index contributed by atoms with van der Waals surface area (Å²) >= 11 is 0. The summed E-state index contributed by atoms with van der Waals surface area (Å²) in [6.45, 7) is 3.24. The first-order chi connectivity index (χ1) is 13.9. The van der Waals surface area contributed by atoms with E-state index in [1.54, 1.807) is 29.2 Å². The third-order valence-electron chi connectivity index (χ3n) is 5.05. The van der Waals surface area contributed by atoms with E-state index in [2.05, 4.69) is 6.92 Å². The maximum absolute atomic E-state index is 12.7. The molecule has 7 heteroatoms. The van der Waals surface area contributed by atoms with E-state index in [0.717, 1.165) is 17.7 Å². The minimum Gasteiger partial charge on any atom is -0.497 e. The van der Waals surface area contributed by atoms with Gasteiger partial charge in [-0.3, -0.25) is 4.79 Å². The molecule has 1 aliphatic rings. The second-order valence-electron chi connectivity index (χ2n) is 7.13. The fraction of sp³-hybridized carbons (Fsp3) is 0.409. The van der Waals surface area contributed by atoms with Gasteiger partial charge in [-0.15, -0.1) is 0 Å². The first-order valence-corrected chi connectivity index (χ1v) is 11.4. The SMILES string of the molecule is CCCOc1ccc(CCC(=O)N2CC(S(=O)(=O)c3ccc(OC)cc3)C2)cc1. The Kier molecular flexibility index (Phi) is 6.79. The minimum atomic E-state index is -3.44. The highest BCUT2D eigenvalue weighted by Crippen LogP contribution is 2.26. The van der Waals surface area contributed by atoms with Gasteiger partial charge in [0.25, 0.3) is 0 Å². The third kappa shape index (κ3) is 5.09. The molecular formula is C22H27NO5S. The Balaban J connectivity index is 1.48. The maximum Gasteiger partial charge on any atom is 0.222 e. The summed E-state index contributed by atoms with van der Waals surface area (Å²) < 4.78 is 36.0. The predicted octanol–water partition coefficient (Wildman–Crippen LogP) is 3.10. The van der Waals surface area contributed by atoms with Crippen LogP contribution in [0.5, 0.6) is 11.5 Å². The molecule has 0 bridgehead atoms. The molecule has 3 rings (SSSR count). The minimum absolute atomic E-state index is 0.0162. The van der Waals surface area contributed by atoms with Gasteiger partial charge in [0.1, 0.15) is 16.7 Å². The van der Waals surface area contributed by atoms with Crippen LogP contribution in [0.4, 0.5) is 0 Å². The van der Waals surface area contributed by atoms with Crippen LogP contribution in [0, 0.1) is 0 Å². The molecule has 1 saturated heterocycles. The lowest BCUT2D eigenvalue weighted by Crippen LogP contribution is -2.56. The lowest BCUT2D eigenvalue weighted by molar-refractivity contribution is -0.134. The zero-order valence-corrected chi connectivity index (χ0v) is 17.7. The summed E-state index contributed by atoms with van der Waals surface area (Å²) in [4.78, 5) is 14.3. The fourth-order valence-corrected chi connectivity index (χ4v) is 4.83. The van der Waals surface area contributed by atoms with E-state index in [0.29, 0.717) is 25.2 Å². The predicted molar refractivity (Wildman–Crippen MR) is 111 cm³/mol. The number of aryl methyl sites for hydroxylation is 1. The number of carbonyl (C=O) groups excluding carboxylic acids is 1. The highest BCUT2D eigenvalue weighted by Gasteiger charge is 2.40. The van der Waals surface area contributed by atoms with Crippen LogP contribution in [0.3, 0.4) is 0 Å². The van der Waals surface area contributed by atoms with E-state index in [1.807, 2.05) is 24.3 Å². The van der Waals surface area contributed by atoms with Gasteiger partial charge in [-0.1, -0.05) is 19.1 Å². The number of ether oxygens (including phenoxy) is 2. The number of amides is 1. The van der Waals surface area contributed by atoms with Crippen molar-refractivity contribution in [2.75, 3.05) is 26.8 Å². The maximum atomic E-state index is 12.7. The second kappa shape index (κ2) is 9.31. The van der Waals surface area contributed by atoms with E-state index in [9.17, 15) is 13.2 Å². The van der Waals surface area contributed by atoms with Crippen LogP contribution in [0.2, 0.25) is 0 Å². The molecule has 0 N–H and O–H groups in total. The van der Waals surface area contributed by atoms with Crippen molar-refractivity contribution in [1.82, 2.24) is 4.90 Å².